The predicted molar refractivity (Wildman–Crippen MR) is 78.9 cm³/mol. The van der Waals surface area contributed by atoms with Crippen LogP contribution in [0.3, 0.4) is 0 Å². The van der Waals surface area contributed by atoms with Crippen LogP contribution < -0.4 is 11.5 Å². The lowest BCUT2D eigenvalue weighted by Crippen LogP contribution is -2.21. The Hall–Kier alpha value is -3.16. The molecule has 0 bridgehead atoms. The summed E-state index contributed by atoms with van der Waals surface area (Å²) in [5.74, 6) is 0.574. The van der Waals surface area contributed by atoms with Crippen molar-refractivity contribution in [1.29, 1.82) is 0 Å². The van der Waals surface area contributed by atoms with Crippen LogP contribution in [0.5, 0.6) is 0 Å². The number of guanidine groups is 1. The summed E-state index contributed by atoms with van der Waals surface area (Å²) >= 11 is 0. The molecule has 1 aromatic heterocycles. The molecule has 0 aliphatic rings. The highest BCUT2D eigenvalue weighted by atomic mass is 16.6. The molecule has 108 valence electrons. The van der Waals surface area contributed by atoms with Crippen LogP contribution in [0.1, 0.15) is 11.3 Å². The number of hydrogen-bond acceptors (Lipinski definition) is 5. The van der Waals surface area contributed by atoms with Gasteiger partial charge in [-0.1, -0.05) is 6.07 Å². The fourth-order valence-electron chi connectivity index (χ4n) is 1.72. The molecule has 8 heteroatoms. The molecule has 0 aliphatic carbocycles. The molecular weight excluding hydrogens is 274 g/mol. The number of nitro groups is 1. The standard InChI is InChI=1S/C13H13N5O3/c1-8-2-4-10(11(6-8)18(19)20)12-5-3-9(21-12)7-16-17-13(14)15/h2-7H,1H3,(H4,14,15,17)/b16-7-. The van der Waals surface area contributed by atoms with Crippen LogP contribution in [0.25, 0.3) is 11.3 Å². The van der Waals surface area contributed by atoms with Crippen LogP contribution >= 0.6 is 0 Å². The number of nitrogens with two attached hydrogens (primary N) is 2. The number of benzene rings is 1. The van der Waals surface area contributed by atoms with Crippen molar-refractivity contribution in [2.75, 3.05) is 0 Å². The Morgan fingerprint density at radius 2 is 2.10 bits per heavy atom. The highest BCUT2D eigenvalue weighted by Crippen LogP contribution is 2.31. The molecule has 0 radical (unpaired) electrons. The molecule has 0 fully saturated rings. The summed E-state index contributed by atoms with van der Waals surface area (Å²) < 4.78 is 5.48. The summed E-state index contributed by atoms with van der Waals surface area (Å²) in [5.41, 5.74) is 11.4. The van der Waals surface area contributed by atoms with Gasteiger partial charge in [-0.3, -0.25) is 10.1 Å². The van der Waals surface area contributed by atoms with E-state index in [-0.39, 0.29) is 11.6 Å². The average Bonchev–Trinajstić information content (AvgIpc) is 2.86. The first kappa shape index (κ1) is 14.3. The van der Waals surface area contributed by atoms with E-state index in [1.54, 1.807) is 31.2 Å². The van der Waals surface area contributed by atoms with E-state index in [1.165, 1.54) is 12.3 Å². The quantitative estimate of drug-likeness (QED) is 0.382. The van der Waals surface area contributed by atoms with Gasteiger partial charge in [0.1, 0.15) is 11.5 Å². The summed E-state index contributed by atoms with van der Waals surface area (Å²) in [6, 6.07) is 8.14. The number of hydrogen-bond donors (Lipinski definition) is 2. The van der Waals surface area contributed by atoms with Gasteiger partial charge in [0.2, 0.25) is 5.96 Å². The van der Waals surface area contributed by atoms with Gasteiger partial charge in [0.05, 0.1) is 16.7 Å². The minimum atomic E-state index is -0.446. The Morgan fingerprint density at radius 3 is 2.76 bits per heavy atom. The predicted octanol–water partition coefficient (Wildman–Crippen LogP) is 1.77. The molecule has 0 spiro atoms. The topological polar surface area (TPSA) is 133 Å². The van der Waals surface area contributed by atoms with Gasteiger partial charge in [0.15, 0.2) is 0 Å². The smallest absolute Gasteiger partial charge is 0.280 e. The van der Waals surface area contributed by atoms with Crippen molar-refractivity contribution in [1.82, 2.24) is 0 Å². The third-order valence-corrected chi connectivity index (χ3v) is 2.60. The second kappa shape index (κ2) is 5.87. The minimum absolute atomic E-state index is 0.0166. The van der Waals surface area contributed by atoms with Crippen LogP contribution in [0, 0.1) is 17.0 Å². The van der Waals surface area contributed by atoms with E-state index in [4.69, 9.17) is 15.9 Å². The van der Waals surface area contributed by atoms with E-state index in [0.717, 1.165) is 5.56 Å². The van der Waals surface area contributed by atoms with E-state index in [9.17, 15) is 10.1 Å². The van der Waals surface area contributed by atoms with Gasteiger partial charge in [-0.15, -0.1) is 5.10 Å². The van der Waals surface area contributed by atoms with Crippen molar-refractivity contribution >= 4 is 17.9 Å². The average molecular weight is 287 g/mol. The lowest BCUT2D eigenvalue weighted by molar-refractivity contribution is -0.384. The van der Waals surface area contributed by atoms with Crippen molar-refractivity contribution in [3.8, 4) is 11.3 Å². The lowest BCUT2D eigenvalue weighted by Gasteiger charge is -2.00. The van der Waals surface area contributed by atoms with Gasteiger partial charge in [-0.2, -0.15) is 5.10 Å². The lowest BCUT2D eigenvalue weighted by atomic mass is 10.1. The van der Waals surface area contributed by atoms with Crippen LogP contribution in [0.15, 0.2) is 45.0 Å². The van der Waals surface area contributed by atoms with Crippen molar-refractivity contribution in [2.24, 2.45) is 21.7 Å². The first-order valence-corrected chi connectivity index (χ1v) is 5.94. The zero-order valence-corrected chi connectivity index (χ0v) is 11.2. The number of rotatable bonds is 4. The zero-order valence-electron chi connectivity index (χ0n) is 11.2. The molecule has 4 N–H and O–H groups in total. The Morgan fingerprint density at radius 1 is 1.33 bits per heavy atom. The van der Waals surface area contributed by atoms with E-state index >= 15 is 0 Å². The molecule has 21 heavy (non-hydrogen) atoms. The van der Waals surface area contributed by atoms with Gasteiger partial charge >= 0.3 is 0 Å². The third kappa shape index (κ3) is 3.44. The molecule has 0 saturated heterocycles. The number of furan rings is 1. The van der Waals surface area contributed by atoms with Gasteiger partial charge in [-0.25, -0.2) is 0 Å². The van der Waals surface area contributed by atoms with Crippen molar-refractivity contribution < 1.29 is 9.34 Å². The Balaban J connectivity index is 2.36. The fourth-order valence-corrected chi connectivity index (χ4v) is 1.72. The SMILES string of the molecule is Cc1ccc(-c2ccc(/C=N\N=C(N)N)o2)c([N+](=O)[O-])c1. The van der Waals surface area contributed by atoms with Crippen LogP contribution in [-0.4, -0.2) is 17.1 Å². The zero-order chi connectivity index (χ0) is 15.4. The van der Waals surface area contributed by atoms with E-state index in [0.29, 0.717) is 17.1 Å². The van der Waals surface area contributed by atoms with E-state index in [1.807, 2.05) is 0 Å². The van der Waals surface area contributed by atoms with Crippen LogP contribution in [-0.2, 0) is 0 Å². The fraction of sp³-hybridized carbons (Fsp3) is 0.0769. The second-order valence-corrected chi connectivity index (χ2v) is 4.25. The molecule has 0 unspecified atom stereocenters. The largest absolute Gasteiger partial charge is 0.455 e. The van der Waals surface area contributed by atoms with Crippen LogP contribution in [0.2, 0.25) is 0 Å². The summed E-state index contributed by atoms with van der Waals surface area (Å²) in [4.78, 5) is 10.6. The maximum atomic E-state index is 11.1. The summed E-state index contributed by atoms with van der Waals surface area (Å²) in [6.07, 6.45) is 1.31. The molecule has 0 amide bonds. The molecule has 1 aromatic carbocycles. The number of nitrogens with zero attached hydrogens (tertiary/aromatic N) is 3. The Kier molecular flexibility index (Phi) is 3.98. The molecule has 0 saturated carbocycles. The van der Waals surface area contributed by atoms with Gasteiger partial charge < -0.3 is 15.9 Å². The summed E-state index contributed by atoms with van der Waals surface area (Å²) in [6.45, 7) is 1.78. The van der Waals surface area contributed by atoms with Crippen molar-refractivity contribution in [3.05, 3.63) is 51.8 Å². The highest BCUT2D eigenvalue weighted by molar-refractivity contribution is 5.80. The summed E-state index contributed by atoms with van der Waals surface area (Å²) in [7, 11) is 0. The normalized spacial score (nSPS) is 10.7. The Bertz CT molecular complexity index is 729. The van der Waals surface area contributed by atoms with Gasteiger partial charge in [-0.05, 0) is 30.7 Å². The monoisotopic (exact) mass is 287 g/mol. The minimum Gasteiger partial charge on any atom is -0.455 e. The van der Waals surface area contributed by atoms with Crippen LogP contribution in [0.4, 0.5) is 5.69 Å². The number of nitro benzene ring substituents is 1. The van der Waals surface area contributed by atoms with Gasteiger partial charge in [0, 0.05) is 6.07 Å². The maximum Gasteiger partial charge on any atom is 0.280 e. The van der Waals surface area contributed by atoms with E-state index < -0.39 is 4.92 Å². The maximum absolute atomic E-state index is 11.1. The molecular formula is C13H13N5O3. The first-order valence-electron chi connectivity index (χ1n) is 5.94. The first-order chi connectivity index (χ1) is 9.97. The van der Waals surface area contributed by atoms with Crippen molar-refractivity contribution in [3.63, 3.8) is 0 Å². The Labute approximate surface area is 119 Å². The van der Waals surface area contributed by atoms with Gasteiger partial charge in [0.25, 0.3) is 5.69 Å². The molecule has 8 nitrogen and oxygen atoms in total. The molecule has 2 aromatic rings. The second-order valence-electron chi connectivity index (χ2n) is 4.25. The third-order valence-electron chi connectivity index (χ3n) is 2.60. The summed E-state index contributed by atoms with van der Waals surface area (Å²) in [5, 5.41) is 18.1. The van der Waals surface area contributed by atoms with E-state index in [2.05, 4.69) is 10.2 Å². The molecule has 0 atom stereocenters. The molecule has 1 heterocycles. The molecule has 0 aliphatic heterocycles. The van der Waals surface area contributed by atoms with Crippen molar-refractivity contribution in [2.45, 2.75) is 6.92 Å². The highest BCUT2D eigenvalue weighted by Gasteiger charge is 2.17. The molecule has 2 rings (SSSR count). The number of aryl methyl sites for hydroxylation is 1.